The lowest BCUT2D eigenvalue weighted by Gasteiger charge is -2.10. The molecule has 1 rings (SSSR count). The molecule has 1 N–H and O–H groups in total. The summed E-state index contributed by atoms with van der Waals surface area (Å²) in [4.78, 5) is 10.9. The monoisotopic (exact) mass is 232 g/mol. The normalized spacial score (nSPS) is 10.6. The molecule has 1 aromatic carbocycles. The lowest BCUT2D eigenvalue weighted by molar-refractivity contribution is -0.139. The summed E-state index contributed by atoms with van der Waals surface area (Å²) in [6.07, 6.45) is 4.88. The number of rotatable bonds is 5. The van der Waals surface area contributed by atoms with Crippen LogP contribution in [0.2, 0.25) is 0 Å². The highest BCUT2D eigenvalue weighted by atomic mass is 16.4. The third-order valence-corrected chi connectivity index (χ3v) is 2.24. The fourth-order valence-electron chi connectivity index (χ4n) is 1.41. The highest BCUT2D eigenvalue weighted by molar-refractivity contribution is 5.75. The molecule has 0 spiro atoms. The zero-order valence-corrected chi connectivity index (χ0v) is 10.3. The molecule has 1 atom stereocenters. The Kier molecular flexibility index (Phi) is 8.39. The van der Waals surface area contributed by atoms with Crippen LogP contribution in [0.25, 0.3) is 0 Å². The molecule has 0 saturated carbocycles. The first-order chi connectivity index (χ1) is 8.17. The van der Waals surface area contributed by atoms with Gasteiger partial charge in [-0.15, -0.1) is 0 Å². The van der Waals surface area contributed by atoms with Crippen LogP contribution in [-0.4, -0.2) is 11.1 Å². The fraction of sp³-hybridized carbons (Fsp3) is 0.267. The van der Waals surface area contributed by atoms with Crippen molar-refractivity contribution in [2.45, 2.75) is 25.7 Å². The van der Waals surface area contributed by atoms with E-state index in [1.807, 2.05) is 37.3 Å². The molecule has 0 aliphatic heterocycles. The van der Waals surface area contributed by atoms with Crippen molar-refractivity contribution in [1.29, 1.82) is 0 Å². The number of benzene rings is 1. The molecular formula is C15H20O2. The van der Waals surface area contributed by atoms with Crippen molar-refractivity contribution in [3.05, 3.63) is 61.2 Å². The van der Waals surface area contributed by atoms with Gasteiger partial charge < -0.3 is 5.11 Å². The minimum absolute atomic E-state index is 0.341. The summed E-state index contributed by atoms with van der Waals surface area (Å²) in [6, 6.07) is 9.39. The van der Waals surface area contributed by atoms with E-state index >= 15 is 0 Å². The van der Waals surface area contributed by atoms with E-state index in [1.165, 1.54) is 0 Å². The van der Waals surface area contributed by atoms with Gasteiger partial charge in [0.1, 0.15) is 0 Å². The van der Waals surface area contributed by atoms with E-state index in [-0.39, 0.29) is 5.92 Å². The zero-order chi connectivity index (χ0) is 13.1. The minimum atomic E-state index is -0.729. The Labute approximate surface area is 103 Å². The Bertz CT molecular complexity index is 335. The molecule has 0 radical (unpaired) electrons. The molecule has 0 amide bonds. The Balaban J connectivity index is 0.000000557. The third-order valence-electron chi connectivity index (χ3n) is 2.24. The van der Waals surface area contributed by atoms with Gasteiger partial charge in [-0.1, -0.05) is 69.0 Å². The number of carbonyl (C=O) groups is 1. The number of allylic oxidation sites excluding steroid dienone is 2. The molecule has 0 fully saturated rings. The molecule has 1 unspecified atom stereocenters. The molecule has 0 aliphatic carbocycles. The second-order valence-electron chi connectivity index (χ2n) is 3.56. The van der Waals surface area contributed by atoms with E-state index in [4.69, 9.17) is 5.11 Å². The average Bonchev–Trinajstić information content (AvgIpc) is 2.37. The van der Waals surface area contributed by atoms with Gasteiger partial charge >= 0.3 is 5.97 Å². The second kappa shape index (κ2) is 9.40. The maximum Gasteiger partial charge on any atom is 0.310 e. The average molecular weight is 232 g/mol. The molecule has 17 heavy (non-hydrogen) atoms. The highest BCUT2D eigenvalue weighted by Gasteiger charge is 2.17. The maximum absolute atomic E-state index is 10.9. The van der Waals surface area contributed by atoms with Crippen LogP contribution in [0.3, 0.4) is 0 Å². The van der Waals surface area contributed by atoms with E-state index < -0.39 is 5.97 Å². The molecule has 2 nitrogen and oxygen atoms in total. The van der Waals surface area contributed by atoms with Gasteiger partial charge in [-0.05, 0) is 12.0 Å². The third kappa shape index (κ3) is 6.36. The van der Waals surface area contributed by atoms with Crippen LogP contribution in [0.1, 0.15) is 31.2 Å². The first kappa shape index (κ1) is 15.2. The first-order valence-electron chi connectivity index (χ1n) is 5.68. The molecule has 0 saturated heterocycles. The number of aliphatic carboxylic acids is 1. The van der Waals surface area contributed by atoms with Crippen molar-refractivity contribution in [3.63, 3.8) is 0 Å². The fourth-order valence-corrected chi connectivity index (χ4v) is 1.41. The summed E-state index contributed by atoms with van der Waals surface area (Å²) >= 11 is 0. The quantitative estimate of drug-likeness (QED) is 0.779. The lowest BCUT2D eigenvalue weighted by atomic mass is 9.95. The zero-order valence-electron chi connectivity index (χ0n) is 10.3. The van der Waals surface area contributed by atoms with Gasteiger partial charge in [-0.2, -0.15) is 0 Å². The number of hydrogen-bond donors (Lipinski definition) is 1. The summed E-state index contributed by atoms with van der Waals surface area (Å²) in [7, 11) is 0. The van der Waals surface area contributed by atoms with Crippen LogP contribution in [0.5, 0.6) is 0 Å². The van der Waals surface area contributed by atoms with E-state index in [0.29, 0.717) is 6.42 Å². The molecule has 1 aromatic rings. The second-order valence-corrected chi connectivity index (χ2v) is 3.56. The van der Waals surface area contributed by atoms with Crippen molar-refractivity contribution in [2.75, 3.05) is 0 Å². The summed E-state index contributed by atoms with van der Waals surface area (Å²) in [5.74, 6) is -1.07. The molecule has 2 heteroatoms. The molecule has 0 bridgehead atoms. The largest absolute Gasteiger partial charge is 0.481 e. The molecule has 92 valence electrons. The molecule has 0 aromatic heterocycles. The lowest BCUT2D eigenvalue weighted by Crippen LogP contribution is -2.10. The van der Waals surface area contributed by atoms with Gasteiger partial charge in [0.05, 0.1) is 5.92 Å². The van der Waals surface area contributed by atoms with E-state index in [2.05, 4.69) is 13.2 Å². The van der Waals surface area contributed by atoms with Crippen LogP contribution in [0, 0.1) is 0 Å². The van der Waals surface area contributed by atoms with Gasteiger partial charge in [0.2, 0.25) is 0 Å². The van der Waals surface area contributed by atoms with Crippen LogP contribution in [-0.2, 0) is 4.79 Å². The van der Waals surface area contributed by atoms with Gasteiger partial charge in [0.25, 0.3) is 0 Å². The van der Waals surface area contributed by atoms with Crippen LogP contribution >= 0.6 is 0 Å². The van der Waals surface area contributed by atoms with Crippen LogP contribution in [0.15, 0.2) is 55.6 Å². The van der Waals surface area contributed by atoms with Gasteiger partial charge in [-0.25, -0.2) is 0 Å². The van der Waals surface area contributed by atoms with Gasteiger partial charge in [0, 0.05) is 0 Å². The number of carboxylic acids is 1. The predicted octanol–water partition coefficient (Wildman–Crippen LogP) is 4.01. The van der Waals surface area contributed by atoms with E-state index in [0.717, 1.165) is 12.0 Å². The summed E-state index contributed by atoms with van der Waals surface area (Å²) in [5, 5.41) is 8.96. The summed E-state index contributed by atoms with van der Waals surface area (Å²) < 4.78 is 0. The molecule has 0 aliphatic rings. The number of carboxylic acid groups (broad SMARTS) is 1. The topological polar surface area (TPSA) is 37.3 Å². The minimum Gasteiger partial charge on any atom is -0.481 e. The molecule has 0 heterocycles. The van der Waals surface area contributed by atoms with Gasteiger partial charge in [0.15, 0.2) is 0 Å². The molecular weight excluding hydrogens is 212 g/mol. The Morgan fingerprint density at radius 1 is 1.29 bits per heavy atom. The smallest absolute Gasteiger partial charge is 0.310 e. The Morgan fingerprint density at radius 3 is 2.18 bits per heavy atom. The standard InChI is InChI=1S/C11H14O2.C4H6/c1-2-6-10(11(12)13)9-7-4-3-5-8-9;1-3-4-2/h3-5,7-8,10H,2,6H2,1H3,(H,12,13);3-4H,1-2H2. The van der Waals surface area contributed by atoms with Crippen LogP contribution < -0.4 is 0 Å². The van der Waals surface area contributed by atoms with Gasteiger partial charge in [-0.3, -0.25) is 4.79 Å². The SMILES string of the molecule is C=CC=C.CCCC(C(=O)O)c1ccccc1. The maximum atomic E-state index is 10.9. The predicted molar refractivity (Wildman–Crippen MR) is 72.1 cm³/mol. The highest BCUT2D eigenvalue weighted by Crippen LogP contribution is 2.20. The Morgan fingerprint density at radius 2 is 1.82 bits per heavy atom. The van der Waals surface area contributed by atoms with E-state index in [1.54, 1.807) is 12.2 Å². The van der Waals surface area contributed by atoms with Crippen molar-refractivity contribution >= 4 is 5.97 Å². The van der Waals surface area contributed by atoms with Crippen molar-refractivity contribution in [1.82, 2.24) is 0 Å². The van der Waals surface area contributed by atoms with Crippen molar-refractivity contribution < 1.29 is 9.90 Å². The van der Waals surface area contributed by atoms with Crippen molar-refractivity contribution in [3.8, 4) is 0 Å². The summed E-state index contributed by atoms with van der Waals surface area (Å²) in [5.41, 5.74) is 0.900. The number of hydrogen-bond acceptors (Lipinski definition) is 1. The Hall–Kier alpha value is -1.83. The van der Waals surface area contributed by atoms with Crippen LogP contribution in [0.4, 0.5) is 0 Å². The first-order valence-corrected chi connectivity index (χ1v) is 5.68. The summed E-state index contributed by atoms with van der Waals surface area (Å²) in [6.45, 7) is 8.72. The van der Waals surface area contributed by atoms with Crippen molar-refractivity contribution in [2.24, 2.45) is 0 Å². The van der Waals surface area contributed by atoms with E-state index in [9.17, 15) is 4.79 Å².